The predicted octanol–water partition coefficient (Wildman–Crippen LogP) is 2.47. The monoisotopic (exact) mass is 330 g/mol. The molecule has 0 aliphatic carbocycles. The minimum absolute atomic E-state index is 0.145. The fraction of sp³-hybridized carbons (Fsp3) is 0.462. The molecule has 0 spiro atoms. The van der Waals surface area contributed by atoms with Gasteiger partial charge >= 0.3 is 0 Å². The van der Waals surface area contributed by atoms with Crippen molar-refractivity contribution in [2.24, 2.45) is 0 Å². The number of halogens is 2. The van der Waals surface area contributed by atoms with Crippen molar-refractivity contribution in [1.82, 2.24) is 10.2 Å². The highest BCUT2D eigenvalue weighted by Crippen LogP contribution is 2.22. The van der Waals surface area contributed by atoms with E-state index in [-0.39, 0.29) is 5.91 Å². The Morgan fingerprint density at radius 3 is 3.00 bits per heavy atom. The second kappa shape index (κ2) is 6.04. The lowest BCUT2D eigenvalue weighted by Gasteiger charge is -2.24. The topological polar surface area (TPSA) is 32.3 Å². The molecule has 1 saturated heterocycles. The number of likely N-dealkylation sites (N-methyl/N-ethyl adjacent to an activating group) is 1. The van der Waals surface area contributed by atoms with E-state index in [1.807, 2.05) is 30.1 Å². The summed E-state index contributed by atoms with van der Waals surface area (Å²) in [6, 6.07) is 5.85. The Morgan fingerprint density at radius 1 is 1.61 bits per heavy atom. The van der Waals surface area contributed by atoms with Gasteiger partial charge in [0.05, 0.1) is 6.42 Å². The number of rotatable bonds is 3. The minimum atomic E-state index is 0.145. The SMILES string of the molecule is CN(C(=O)Cc1ccc(Cl)cc1Br)[C@H]1CCNC1. The molecule has 1 aliphatic rings. The third-order valence-corrected chi connectivity index (χ3v) is 4.31. The molecule has 1 aliphatic heterocycles. The summed E-state index contributed by atoms with van der Waals surface area (Å²) in [5.41, 5.74) is 0.974. The van der Waals surface area contributed by atoms with E-state index in [9.17, 15) is 4.79 Å². The number of benzene rings is 1. The normalized spacial score (nSPS) is 18.9. The highest BCUT2D eigenvalue weighted by atomic mass is 79.9. The fourth-order valence-electron chi connectivity index (χ4n) is 2.13. The smallest absolute Gasteiger partial charge is 0.227 e. The summed E-state index contributed by atoms with van der Waals surface area (Å²) in [6.07, 6.45) is 1.44. The maximum Gasteiger partial charge on any atom is 0.227 e. The Kier molecular flexibility index (Phi) is 4.65. The van der Waals surface area contributed by atoms with Crippen LogP contribution in [0.2, 0.25) is 5.02 Å². The summed E-state index contributed by atoms with van der Waals surface area (Å²) in [6.45, 7) is 1.89. The molecule has 3 nitrogen and oxygen atoms in total. The number of nitrogens with one attached hydrogen (secondary N) is 1. The van der Waals surface area contributed by atoms with Crippen LogP contribution in [0, 0.1) is 0 Å². The van der Waals surface area contributed by atoms with Crippen molar-refractivity contribution in [3.63, 3.8) is 0 Å². The van der Waals surface area contributed by atoms with Crippen LogP contribution < -0.4 is 5.32 Å². The number of amides is 1. The van der Waals surface area contributed by atoms with E-state index >= 15 is 0 Å². The van der Waals surface area contributed by atoms with Crippen molar-refractivity contribution in [1.29, 1.82) is 0 Å². The molecule has 1 N–H and O–H groups in total. The molecule has 98 valence electrons. The molecule has 1 atom stereocenters. The van der Waals surface area contributed by atoms with E-state index in [2.05, 4.69) is 21.2 Å². The molecule has 5 heteroatoms. The third-order valence-electron chi connectivity index (χ3n) is 3.33. The van der Waals surface area contributed by atoms with Crippen LogP contribution in [0.5, 0.6) is 0 Å². The first-order chi connectivity index (χ1) is 8.58. The lowest BCUT2D eigenvalue weighted by atomic mass is 10.1. The molecule has 0 saturated carbocycles. The molecular weight excluding hydrogens is 316 g/mol. The van der Waals surface area contributed by atoms with E-state index in [0.717, 1.165) is 29.5 Å². The first-order valence-corrected chi connectivity index (χ1v) is 7.15. The number of carbonyl (C=O) groups is 1. The molecule has 0 aromatic heterocycles. The van der Waals surface area contributed by atoms with E-state index in [4.69, 9.17) is 11.6 Å². The number of nitrogens with zero attached hydrogens (tertiary/aromatic N) is 1. The van der Waals surface area contributed by atoms with Gasteiger partial charge in [-0.25, -0.2) is 0 Å². The molecule has 1 heterocycles. The molecule has 0 bridgehead atoms. The van der Waals surface area contributed by atoms with Crippen LogP contribution in [0.15, 0.2) is 22.7 Å². The van der Waals surface area contributed by atoms with Crippen LogP contribution in [0.25, 0.3) is 0 Å². The lowest BCUT2D eigenvalue weighted by Crippen LogP contribution is -2.39. The summed E-state index contributed by atoms with van der Waals surface area (Å²) in [4.78, 5) is 14.0. The zero-order valence-corrected chi connectivity index (χ0v) is 12.6. The van der Waals surface area contributed by atoms with E-state index in [0.29, 0.717) is 17.5 Å². The Hall–Kier alpha value is -0.580. The molecule has 1 fully saturated rings. The molecule has 0 radical (unpaired) electrons. The average Bonchev–Trinajstić information content (AvgIpc) is 2.85. The van der Waals surface area contributed by atoms with Gasteiger partial charge in [-0.3, -0.25) is 4.79 Å². The number of hydrogen-bond acceptors (Lipinski definition) is 2. The molecule has 1 amide bonds. The Bertz CT molecular complexity index is 447. The van der Waals surface area contributed by atoms with Gasteiger partial charge < -0.3 is 10.2 Å². The molecule has 0 unspecified atom stereocenters. The van der Waals surface area contributed by atoms with Crippen molar-refractivity contribution in [3.8, 4) is 0 Å². The molecular formula is C13H16BrClN2O. The zero-order valence-electron chi connectivity index (χ0n) is 10.2. The van der Waals surface area contributed by atoms with Gasteiger partial charge in [-0.05, 0) is 30.7 Å². The van der Waals surface area contributed by atoms with Crippen molar-refractivity contribution in [2.45, 2.75) is 18.9 Å². The van der Waals surface area contributed by atoms with Crippen LogP contribution in [-0.4, -0.2) is 37.0 Å². The summed E-state index contributed by atoms with van der Waals surface area (Å²) in [5.74, 6) is 0.145. The fourth-order valence-corrected chi connectivity index (χ4v) is 2.95. The average molecular weight is 332 g/mol. The molecule has 1 aromatic rings. The van der Waals surface area contributed by atoms with Gasteiger partial charge in [0.2, 0.25) is 5.91 Å². The second-order valence-electron chi connectivity index (χ2n) is 4.56. The van der Waals surface area contributed by atoms with Crippen LogP contribution in [0.4, 0.5) is 0 Å². The molecule has 18 heavy (non-hydrogen) atoms. The third kappa shape index (κ3) is 3.25. The van der Waals surface area contributed by atoms with E-state index in [1.165, 1.54) is 0 Å². The molecule has 1 aromatic carbocycles. The van der Waals surface area contributed by atoms with E-state index in [1.54, 1.807) is 0 Å². The lowest BCUT2D eigenvalue weighted by molar-refractivity contribution is -0.130. The predicted molar refractivity (Wildman–Crippen MR) is 76.9 cm³/mol. The van der Waals surface area contributed by atoms with Crippen LogP contribution in [0.3, 0.4) is 0 Å². The van der Waals surface area contributed by atoms with Gasteiger partial charge in [0.25, 0.3) is 0 Å². The van der Waals surface area contributed by atoms with Gasteiger partial charge in [0.1, 0.15) is 0 Å². The minimum Gasteiger partial charge on any atom is -0.341 e. The van der Waals surface area contributed by atoms with E-state index < -0.39 is 0 Å². The highest BCUT2D eigenvalue weighted by Gasteiger charge is 2.23. The largest absolute Gasteiger partial charge is 0.341 e. The Labute approximate surface area is 121 Å². The maximum absolute atomic E-state index is 12.2. The second-order valence-corrected chi connectivity index (χ2v) is 5.85. The van der Waals surface area contributed by atoms with Gasteiger partial charge in [-0.15, -0.1) is 0 Å². The number of carbonyl (C=O) groups excluding carboxylic acids is 1. The van der Waals surface area contributed by atoms with Crippen molar-refractivity contribution >= 4 is 33.4 Å². The van der Waals surface area contributed by atoms with Crippen LogP contribution in [0.1, 0.15) is 12.0 Å². The zero-order chi connectivity index (χ0) is 13.1. The Morgan fingerprint density at radius 2 is 2.39 bits per heavy atom. The van der Waals surface area contributed by atoms with Gasteiger partial charge in [0.15, 0.2) is 0 Å². The van der Waals surface area contributed by atoms with Crippen molar-refractivity contribution < 1.29 is 4.79 Å². The summed E-state index contributed by atoms with van der Waals surface area (Å²) in [5, 5.41) is 3.94. The van der Waals surface area contributed by atoms with Crippen molar-refractivity contribution in [2.75, 3.05) is 20.1 Å². The van der Waals surface area contributed by atoms with Gasteiger partial charge in [0, 0.05) is 29.1 Å². The van der Waals surface area contributed by atoms with Gasteiger partial charge in [-0.1, -0.05) is 33.6 Å². The maximum atomic E-state index is 12.2. The van der Waals surface area contributed by atoms with Gasteiger partial charge in [-0.2, -0.15) is 0 Å². The summed E-state index contributed by atoms with van der Waals surface area (Å²) >= 11 is 9.33. The number of hydrogen-bond donors (Lipinski definition) is 1. The van der Waals surface area contributed by atoms with Crippen LogP contribution >= 0.6 is 27.5 Å². The Balaban J connectivity index is 2.01. The molecule has 2 rings (SSSR count). The van der Waals surface area contributed by atoms with Crippen LogP contribution in [-0.2, 0) is 11.2 Å². The first kappa shape index (κ1) is 13.8. The first-order valence-electron chi connectivity index (χ1n) is 5.98. The highest BCUT2D eigenvalue weighted by molar-refractivity contribution is 9.10. The van der Waals surface area contributed by atoms with Crippen molar-refractivity contribution in [3.05, 3.63) is 33.3 Å². The standard InChI is InChI=1S/C13H16BrClN2O/c1-17(11-4-5-16-8-11)13(18)6-9-2-3-10(15)7-12(9)14/h2-3,7,11,16H,4-6,8H2,1H3/t11-/m0/s1. The quantitative estimate of drug-likeness (QED) is 0.923. The summed E-state index contributed by atoms with van der Waals surface area (Å²) < 4.78 is 0.890. The summed E-state index contributed by atoms with van der Waals surface area (Å²) in [7, 11) is 1.88.